The molecule has 0 spiro atoms. The number of amides is 1. The Bertz CT molecular complexity index is 497. The molecule has 0 unspecified atom stereocenters. The highest BCUT2D eigenvalue weighted by molar-refractivity contribution is 5.94. The summed E-state index contributed by atoms with van der Waals surface area (Å²) in [6, 6.07) is 8.77. The molecular weight excluding hydrogens is 302 g/mol. The van der Waals surface area contributed by atoms with Crippen molar-refractivity contribution in [2.75, 3.05) is 13.2 Å². The van der Waals surface area contributed by atoms with Crippen LogP contribution in [0.1, 0.15) is 23.7 Å². The summed E-state index contributed by atoms with van der Waals surface area (Å²) in [5, 5.41) is 32.3. The number of carbonyl (C=O) groups excluding carboxylic acids is 1. The predicted octanol–water partition coefficient (Wildman–Crippen LogP) is -0.349. The van der Waals surface area contributed by atoms with Crippen LogP contribution in [0.5, 0.6) is 0 Å². The molecular formula is C16H23NO6. The first kappa shape index (κ1) is 17.8. The molecule has 7 heteroatoms. The van der Waals surface area contributed by atoms with Crippen LogP contribution < -0.4 is 5.32 Å². The normalized spacial score (nSPS) is 30.9. The lowest BCUT2D eigenvalue weighted by Gasteiger charge is -2.40. The van der Waals surface area contributed by atoms with Crippen molar-refractivity contribution in [1.29, 1.82) is 0 Å². The van der Waals surface area contributed by atoms with Gasteiger partial charge in [0.15, 0.2) is 6.29 Å². The molecule has 0 bridgehead atoms. The molecule has 0 aliphatic carbocycles. The van der Waals surface area contributed by atoms with Gasteiger partial charge < -0.3 is 30.1 Å². The Labute approximate surface area is 134 Å². The van der Waals surface area contributed by atoms with Crippen molar-refractivity contribution in [3.8, 4) is 0 Å². The van der Waals surface area contributed by atoms with Crippen LogP contribution in [-0.4, -0.2) is 65.1 Å². The van der Waals surface area contributed by atoms with Crippen molar-refractivity contribution in [3.63, 3.8) is 0 Å². The Kier molecular flexibility index (Phi) is 6.49. The van der Waals surface area contributed by atoms with Gasteiger partial charge in [0.2, 0.25) is 0 Å². The molecule has 1 saturated heterocycles. The Hall–Kier alpha value is -1.51. The molecule has 1 aromatic carbocycles. The maximum atomic E-state index is 11.9. The number of ether oxygens (including phenoxy) is 2. The van der Waals surface area contributed by atoms with Crippen LogP contribution in [0.2, 0.25) is 0 Å². The zero-order valence-electron chi connectivity index (χ0n) is 13.0. The van der Waals surface area contributed by atoms with E-state index < -0.39 is 30.7 Å². The van der Waals surface area contributed by atoms with E-state index in [9.17, 15) is 20.1 Å². The number of aliphatic hydroxyl groups is 3. The molecule has 2 rings (SSSR count). The number of hydrogen-bond acceptors (Lipinski definition) is 6. The quantitative estimate of drug-likeness (QED) is 0.569. The highest BCUT2D eigenvalue weighted by Gasteiger charge is 2.43. The van der Waals surface area contributed by atoms with E-state index in [2.05, 4.69) is 5.32 Å². The minimum absolute atomic E-state index is 0.224. The second-order valence-electron chi connectivity index (χ2n) is 5.38. The summed E-state index contributed by atoms with van der Waals surface area (Å²) in [5.74, 6) is -0.224. The van der Waals surface area contributed by atoms with Crippen LogP contribution in [0.4, 0.5) is 0 Å². The first-order valence-electron chi connectivity index (χ1n) is 7.69. The van der Waals surface area contributed by atoms with Gasteiger partial charge in [-0.3, -0.25) is 4.79 Å². The average Bonchev–Trinajstić information content (AvgIpc) is 2.57. The second-order valence-corrected chi connectivity index (χ2v) is 5.38. The zero-order valence-corrected chi connectivity index (χ0v) is 13.0. The van der Waals surface area contributed by atoms with Crippen LogP contribution in [0.3, 0.4) is 0 Å². The topological polar surface area (TPSA) is 108 Å². The van der Waals surface area contributed by atoms with Crippen molar-refractivity contribution < 1.29 is 29.6 Å². The van der Waals surface area contributed by atoms with E-state index in [1.807, 2.05) is 6.07 Å². The summed E-state index contributed by atoms with van der Waals surface area (Å²) in [6.45, 7) is 2.31. The largest absolute Gasteiger partial charge is 0.388 e. The average molecular weight is 325 g/mol. The molecule has 0 aromatic heterocycles. The fraction of sp³-hybridized carbons (Fsp3) is 0.562. The molecule has 0 radical (unpaired) electrons. The van der Waals surface area contributed by atoms with Crippen LogP contribution in [0, 0.1) is 0 Å². The van der Waals surface area contributed by atoms with E-state index in [1.165, 1.54) is 0 Å². The van der Waals surface area contributed by atoms with E-state index in [-0.39, 0.29) is 18.9 Å². The summed E-state index contributed by atoms with van der Waals surface area (Å²) in [4.78, 5) is 11.9. The van der Waals surface area contributed by atoms with Gasteiger partial charge in [-0.25, -0.2) is 0 Å². The Balaban J connectivity index is 1.85. The molecule has 7 nitrogen and oxygen atoms in total. The summed E-state index contributed by atoms with van der Waals surface area (Å²) in [6.07, 6.45) is -5.34. The first-order valence-corrected chi connectivity index (χ1v) is 7.69. The number of aliphatic hydroxyl groups excluding tert-OH is 3. The molecule has 4 N–H and O–H groups in total. The molecule has 128 valence electrons. The third kappa shape index (κ3) is 4.49. The number of benzene rings is 1. The lowest BCUT2D eigenvalue weighted by atomic mass is 9.97. The van der Waals surface area contributed by atoms with Crippen molar-refractivity contribution in [1.82, 2.24) is 5.32 Å². The zero-order chi connectivity index (χ0) is 16.8. The molecule has 1 heterocycles. The molecule has 0 saturated carbocycles. The summed E-state index contributed by atoms with van der Waals surface area (Å²) < 4.78 is 10.7. The number of rotatable bonds is 6. The molecule has 1 fully saturated rings. The third-order valence-corrected chi connectivity index (χ3v) is 3.75. The van der Waals surface area contributed by atoms with Crippen LogP contribution in [0.25, 0.3) is 0 Å². The highest BCUT2D eigenvalue weighted by Crippen LogP contribution is 2.23. The van der Waals surface area contributed by atoms with Crippen molar-refractivity contribution in [2.24, 2.45) is 0 Å². The smallest absolute Gasteiger partial charge is 0.251 e. The second kappa shape index (κ2) is 8.37. The van der Waals surface area contributed by atoms with Crippen LogP contribution >= 0.6 is 0 Å². The van der Waals surface area contributed by atoms with Gasteiger partial charge in [0.25, 0.3) is 5.91 Å². The van der Waals surface area contributed by atoms with E-state index >= 15 is 0 Å². The lowest BCUT2D eigenvalue weighted by Crippen LogP contribution is -2.58. The molecule has 1 aliphatic heterocycles. The molecule has 23 heavy (non-hydrogen) atoms. The molecule has 1 amide bonds. The fourth-order valence-corrected chi connectivity index (χ4v) is 2.48. The van der Waals surface area contributed by atoms with E-state index in [1.54, 1.807) is 31.2 Å². The van der Waals surface area contributed by atoms with Gasteiger partial charge in [-0.2, -0.15) is 0 Å². The maximum Gasteiger partial charge on any atom is 0.251 e. The SMILES string of the molecule is CCO[C@@H]1O[C@H](CCNC(=O)c2ccccc2)[C@H](O)[C@H](O)[C@H]1O. The molecule has 1 aromatic rings. The monoisotopic (exact) mass is 325 g/mol. The van der Waals surface area contributed by atoms with Crippen molar-refractivity contribution in [2.45, 2.75) is 44.1 Å². The minimum Gasteiger partial charge on any atom is -0.388 e. The van der Waals surface area contributed by atoms with Crippen molar-refractivity contribution in [3.05, 3.63) is 35.9 Å². The van der Waals surface area contributed by atoms with Gasteiger partial charge >= 0.3 is 0 Å². The number of nitrogens with one attached hydrogen (secondary N) is 1. The van der Waals surface area contributed by atoms with Crippen LogP contribution in [0.15, 0.2) is 30.3 Å². The van der Waals surface area contributed by atoms with Gasteiger partial charge in [0, 0.05) is 18.7 Å². The van der Waals surface area contributed by atoms with Gasteiger partial charge in [-0.05, 0) is 25.5 Å². The number of hydrogen-bond donors (Lipinski definition) is 4. The third-order valence-electron chi connectivity index (χ3n) is 3.75. The molecule has 1 aliphatic rings. The fourth-order valence-electron chi connectivity index (χ4n) is 2.48. The van der Waals surface area contributed by atoms with Gasteiger partial charge in [-0.1, -0.05) is 18.2 Å². The Morgan fingerprint density at radius 2 is 1.87 bits per heavy atom. The van der Waals surface area contributed by atoms with E-state index in [0.29, 0.717) is 12.2 Å². The maximum absolute atomic E-state index is 11.9. The predicted molar refractivity (Wildman–Crippen MR) is 81.7 cm³/mol. The molecule has 5 atom stereocenters. The van der Waals surface area contributed by atoms with Crippen LogP contribution in [-0.2, 0) is 9.47 Å². The lowest BCUT2D eigenvalue weighted by molar-refractivity contribution is -0.296. The highest BCUT2D eigenvalue weighted by atomic mass is 16.7. The summed E-state index contributed by atoms with van der Waals surface area (Å²) >= 11 is 0. The Morgan fingerprint density at radius 1 is 1.17 bits per heavy atom. The number of carbonyl (C=O) groups is 1. The summed E-state index contributed by atoms with van der Waals surface area (Å²) in [7, 11) is 0. The van der Waals surface area contributed by atoms with E-state index in [0.717, 1.165) is 0 Å². The first-order chi connectivity index (χ1) is 11.0. The van der Waals surface area contributed by atoms with Gasteiger partial charge in [0.05, 0.1) is 6.10 Å². The standard InChI is InChI=1S/C16H23NO6/c1-2-22-16-14(20)13(19)12(18)11(23-16)8-9-17-15(21)10-6-4-3-5-7-10/h3-7,11-14,16,18-20H,2,8-9H2,1H3,(H,17,21)/t11-,12+,13+,14-,16-/m1/s1. The summed E-state index contributed by atoms with van der Waals surface area (Å²) in [5.41, 5.74) is 0.542. The minimum atomic E-state index is -1.35. The van der Waals surface area contributed by atoms with Gasteiger partial charge in [-0.15, -0.1) is 0 Å². The van der Waals surface area contributed by atoms with Crippen molar-refractivity contribution >= 4 is 5.91 Å². The van der Waals surface area contributed by atoms with Gasteiger partial charge in [0.1, 0.15) is 18.3 Å². The Morgan fingerprint density at radius 3 is 2.52 bits per heavy atom. The van der Waals surface area contributed by atoms with E-state index in [4.69, 9.17) is 9.47 Å².